The van der Waals surface area contributed by atoms with Crippen molar-refractivity contribution in [2.45, 2.75) is 31.1 Å². The third-order valence-corrected chi connectivity index (χ3v) is 8.67. The molecule has 136 valence electrons. The molecule has 3 heterocycles. The van der Waals surface area contributed by atoms with Crippen molar-refractivity contribution in [2.75, 3.05) is 25.4 Å². The van der Waals surface area contributed by atoms with Crippen LogP contribution in [0.1, 0.15) is 25.3 Å². The number of rotatable bonds is 5. The van der Waals surface area contributed by atoms with Gasteiger partial charge >= 0.3 is 0 Å². The smallest absolute Gasteiger partial charge is 0.226 e. The molecule has 1 amide bonds. The molecule has 3 aliphatic rings. The first kappa shape index (κ1) is 17.0. The summed E-state index contributed by atoms with van der Waals surface area (Å²) in [6.07, 6.45) is 5.02. The van der Waals surface area contributed by atoms with Crippen molar-refractivity contribution in [2.24, 2.45) is 17.8 Å². The molecule has 0 aromatic carbocycles. The highest BCUT2D eigenvalue weighted by molar-refractivity contribution is 7.93. The van der Waals surface area contributed by atoms with Gasteiger partial charge in [-0.3, -0.25) is 9.78 Å². The van der Waals surface area contributed by atoms with Crippen molar-refractivity contribution in [3.8, 4) is 0 Å². The second-order valence-corrected chi connectivity index (χ2v) is 10.2. The van der Waals surface area contributed by atoms with E-state index in [4.69, 9.17) is 4.74 Å². The van der Waals surface area contributed by atoms with Crippen molar-refractivity contribution in [3.05, 3.63) is 30.1 Å². The Morgan fingerprint density at radius 2 is 2.20 bits per heavy atom. The van der Waals surface area contributed by atoms with E-state index in [1.54, 1.807) is 17.3 Å². The van der Waals surface area contributed by atoms with Gasteiger partial charge in [0.15, 0.2) is 9.84 Å². The summed E-state index contributed by atoms with van der Waals surface area (Å²) in [6.45, 7) is 3.61. The van der Waals surface area contributed by atoms with E-state index in [1.165, 1.54) is 0 Å². The zero-order valence-corrected chi connectivity index (χ0v) is 15.2. The summed E-state index contributed by atoms with van der Waals surface area (Å²) in [5.74, 6) is 0.866. The van der Waals surface area contributed by atoms with Gasteiger partial charge in [0.1, 0.15) is 4.75 Å². The maximum Gasteiger partial charge on any atom is 0.226 e. The molecular weight excluding hydrogens is 340 g/mol. The van der Waals surface area contributed by atoms with Crippen molar-refractivity contribution < 1.29 is 17.9 Å². The van der Waals surface area contributed by atoms with Crippen LogP contribution >= 0.6 is 0 Å². The lowest BCUT2D eigenvalue weighted by Gasteiger charge is -2.50. The molecule has 7 heteroatoms. The van der Waals surface area contributed by atoms with E-state index in [9.17, 15) is 13.2 Å². The van der Waals surface area contributed by atoms with E-state index >= 15 is 0 Å². The van der Waals surface area contributed by atoms with Crippen molar-refractivity contribution in [3.63, 3.8) is 0 Å². The third kappa shape index (κ3) is 2.87. The number of carbonyl (C=O) groups excluding carboxylic acids is 1. The molecule has 1 aliphatic carbocycles. The van der Waals surface area contributed by atoms with Gasteiger partial charge in [-0.15, -0.1) is 0 Å². The third-order valence-electron chi connectivity index (χ3n) is 6.06. The molecule has 1 spiro atoms. The van der Waals surface area contributed by atoms with Gasteiger partial charge in [0.2, 0.25) is 5.91 Å². The van der Waals surface area contributed by atoms with Crippen LogP contribution in [0, 0.1) is 17.8 Å². The van der Waals surface area contributed by atoms with Gasteiger partial charge in [0.05, 0.1) is 19.0 Å². The maximum atomic E-state index is 12.6. The number of pyridine rings is 1. The SMILES string of the molecule is C[C@@H]1C[C@@H]1C(=O)N1CC2(C1)[C@@H](COCc1cccnc1)CCS2(=O)=O. The van der Waals surface area contributed by atoms with Crippen LogP contribution in [0.3, 0.4) is 0 Å². The molecule has 2 saturated heterocycles. The summed E-state index contributed by atoms with van der Waals surface area (Å²) in [4.78, 5) is 18.1. The number of amides is 1. The molecule has 0 unspecified atom stereocenters. The molecule has 1 aromatic rings. The minimum absolute atomic E-state index is 0.0325. The van der Waals surface area contributed by atoms with Crippen LogP contribution < -0.4 is 0 Å². The van der Waals surface area contributed by atoms with Crippen LogP contribution in [0.5, 0.6) is 0 Å². The zero-order valence-electron chi connectivity index (χ0n) is 14.4. The number of nitrogens with zero attached hydrogens (tertiary/aromatic N) is 2. The summed E-state index contributed by atoms with van der Waals surface area (Å²) in [5, 5.41) is 0. The lowest BCUT2D eigenvalue weighted by Crippen LogP contribution is -2.69. The summed E-state index contributed by atoms with van der Waals surface area (Å²) in [5.41, 5.74) is 0.977. The number of hydrogen-bond donors (Lipinski definition) is 0. The van der Waals surface area contributed by atoms with Gasteiger partial charge < -0.3 is 9.64 Å². The van der Waals surface area contributed by atoms with Gasteiger partial charge in [-0.2, -0.15) is 0 Å². The van der Waals surface area contributed by atoms with Crippen LogP contribution in [0.4, 0.5) is 0 Å². The Labute approximate surface area is 148 Å². The average molecular weight is 364 g/mol. The first-order valence-corrected chi connectivity index (χ1v) is 10.6. The van der Waals surface area contributed by atoms with E-state index in [-0.39, 0.29) is 23.5 Å². The number of likely N-dealkylation sites (tertiary alicyclic amines) is 1. The molecule has 4 rings (SSSR count). The number of aromatic nitrogens is 1. The first-order chi connectivity index (χ1) is 11.9. The van der Waals surface area contributed by atoms with Gasteiger partial charge in [0.25, 0.3) is 0 Å². The Balaban J connectivity index is 1.38. The molecule has 0 bridgehead atoms. The van der Waals surface area contributed by atoms with Gasteiger partial charge in [-0.1, -0.05) is 13.0 Å². The number of sulfone groups is 1. The van der Waals surface area contributed by atoms with Crippen LogP contribution in [0.25, 0.3) is 0 Å². The fourth-order valence-corrected chi connectivity index (χ4v) is 6.57. The summed E-state index contributed by atoms with van der Waals surface area (Å²) < 4.78 is 30.3. The fraction of sp³-hybridized carbons (Fsp3) is 0.667. The lowest BCUT2D eigenvalue weighted by molar-refractivity contribution is -0.139. The lowest BCUT2D eigenvalue weighted by atomic mass is 9.83. The molecule has 1 aromatic heterocycles. The molecule has 25 heavy (non-hydrogen) atoms. The van der Waals surface area contributed by atoms with E-state index in [2.05, 4.69) is 11.9 Å². The first-order valence-electron chi connectivity index (χ1n) is 8.91. The van der Waals surface area contributed by atoms with Gasteiger partial charge in [-0.05, 0) is 30.4 Å². The minimum atomic E-state index is -3.17. The second-order valence-electron chi connectivity index (χ2n) is 7.76. The average Bonchev–Trinajstić information content (AvgIpc) is 3.21. The summed E-state index contributed by atoms with van der Waals surface area (Å²) in [7, 11) is -3.17. The normalized spacial score (nSPS) is 31.7. The number of carbonyl (C=O) groups is 1. The molecule has 1 saturated carbocycles. The molecule has 0 N–H and O–H groups in total. The monoisotopic (exact) mass is 364 g/mol. The van der Waals surface area contributed by atoms with E-state index < -0.39 is 14.6 Å². The summed E-state index contributed by atoms with van der Waals surface area (Å²) >= 11 is 0. The molecular formula is C18H24N2O4S. The largest absolute Gasteiger partial charge is 0.376 e. The van der Waals surface area contributed by atoms with E-state index in [1.807, 2.05) is 12.1 Å². The van der Waals surface area contributed by atoms with Crippen molar-refractivity contribution in [1.29, 1.82) is 0 Å². The van der Waals surface area contributed by atoms with E-state index in [0.29, 0.717) is 38.6 Å². The van der Waals surface area contributed by atoms with Gasteiger partial charge in [-0.25, -0.2) is 8.42 Å². The molecule has 3 atom stereocenters. The standard InChI is InChI=1S/C18H24N2O4S/c1-13-7-16(13)17(21)20-11-18(12-20)15(4-6-25(18,22)23)10-24-9-14-3-2-5-19-8-14/h2-3,5,8,13,15-16H,4,6-7,9-12H2,1H3/t13-,15-,16+/m1/s1. The Bertz CT molecular complexity index is 759. The van der Waals surface area contributed by atoms with Gasteiger partial charge in [0, 0.05) is 37.3 Å². The second kappa shape index (κ2) is 6.06. The minimum Gasteiger partial charge on any atom is -0.376 e. The highest BCUT2D eigenvalue weighted by Crippen LogP contribution is 2.47. The molecule has 0 radical (unpaired) electrons. The topological polar surface area (TPSA) is 76.6 Å². The fourth-order valence-electron chi connectivity index (χ4n) is 4.17. The highest BCUT2D eigenvalue weighted by atomic mass is 32.2. The summed E-state index contributed by atoms with van der Waals surface area (Å²) in [6, 6.07) is 3.79. The van der Waals surface area contributed by atoms with Crippen LogP contribution in [0.2, 0.25) is 0 Å². The Morgan fingerprint density at radius 1 is 1.44 bits per heavy atom. The van der Waals surface area contributed by atoms with E-state index in [0.717, 1.165) is 12.0 Å². The Hall–Kier alpha value is -1.47. The maximum absolute atomic E-state index is 12.6. The number of hydrogen-bond acceptors (Lipinski definition) is 5. The van der Waals surface area contributed by atoms with Crippen molar-refractivity contribution >= 4 is 15.7 Å². The quantitative estimate of drug-likeness (QED) is 0.786. The molecule has 6 nitrogen and oxygen atoms in total. The Morgan fingerprint density at radius 3 is 2.84 bits per heavy atom. The highest BCUT2D eigenvalue weighted by Gasteiger charge is 2.63. The van der Waals surface area contributed by atoms with Crippen molar-refractivity contribution in [1.82, 2.24) is 9.88 Å². The zero-order chi connectivity index (χ0) is 17.7. The Kier molecular flexibility index (Phi) is 4.11. The molecule has 3 fully saturated rings. The van der Waals surface area contributed by atoms with Crippen LogP contribution in [-0.2, 0) is 26.0 Å². The molecule has 2 aliphatic heterocycles. The van der Waals surface area contributed by atoms with Crippen LogP contribution in [0.15, 0.2) is 24.5 Å². The predicted molar refractivity (Wildman–Crippen MR) is 92.4 cm³/mol. The number of ether oxygens (including phenoxy) is 1. The van der Waals surface area contributed by atoms with Crippen LogP contribution in [-0.4, -0.2) is 54.4 Å². The predicted octanol–water partition coefficient (Wildman–Crippen LogP) is 1.27.